The first kappa shape index (κ1) is 27.1. The number of nitrogens with zero attached hydrogens (tertiary/aromatic N) is 3. The number of aromatic nitrogens is 1. The van der Waals surface area contributed by atoms with Gasteiger partial charge in [-0.2, -0.15) is 0 Å². The fourth-order valence-corrected chi connectivity index (χ4v) is 6.64. The highest BCUT2D eigenvalue weighted by molar-refractivity contribution is 9.10. The molecule has 3 aliphatic rings. The van der Waals surface area contributed by atoms with Crippen LogP contribution in [-0.4, -0.2) is 60.0 Å². The Morgan fingerprint density at radius 1 is 1.11 bits per heavy atom. The van der Waals surface area contributed by atoms with Crippen molar-refractivity contribution in [3.8, 4) is 0 Å². The standard InChI is InChI=1S/C25H29Br2ClN4O.C2H6/c26-18-14-17-1-2-19-20(3-4-21(28)23(19)27)25(24(17)30-15-18)32-11-9-31(10-12-32)22(33)13-16-5-7-29-8-6-16;1-2/h3-4,14-16,25,29H,1-2,5-13H2;1-2H3. The molecule has 2 saturated heterocycles. The maximum absolute atomic E-state index is 13.0. The third-order valence-corrected chi connectivity index (χ3v) is 9.24. The molecule has 35 heavy (non-hydrogen) atoms. The number of halogens is 3. The van der Waals surface area contributed by atoms with Gasteiger partial charge in [0.2, 0.25) is 5.91 Å². The SMILES string of the molecule is CC.O=C(CC1CCNCC1)N1CCN(C2c3ccc(Cl)c(Br)c3CCc3cc(Br)cnc32)CC1. The number of piperidine rings is 1. The molecule has 2 aliphatic heterocycles. The zero-order valence-corrected chi connectivity index (χ0v) is 24.6. The summed E-state index contributed by atoms with van der Waals surface area (Å²) in [7, 11) is 0. The van der Waals surface area contributed by atoms with Gasteiger partial charge in [0, 0.05) is 47.7 Å². The zero-order valence-electron chi connectivity index (χ0n) is 20.6. The first-order valence-corrected chi connectivity index (χ1v) is 14.8. The molecule has 1 aromatic heterocycles. The lowest BCUT2D eigenvalue weighted by molar-refractivity contribution is -0.134. The fourth-order valence-electron chi connectivity index (χ4n) is 5.52. The minimum atomic E-state index is 0.0702. The van der Waals surface area contributed by atoms with E-state index < -0.39 is 0 Å². The number of pyridine rings is 1. The van der Waals surface area contributed by atoms with Crippen molar-refractivity contribution in [2.24, 2.45) is 5.92 Å². The van der Waals surface area contributed by atoms with Crippen molar-refractivity contribution in [2.75, 3.05) is 39.3 Å². The van der Waals surface area contributed by atoms with Gasteiger partial charge in [-0.05, 0) is 105 Å². The van der Waals surface area contributed by atoms with Gasteiger partial charge in [-0.25, -0.2) is 0 Å². The molecular formula is C27H35Br2ClN4O. The topological polar surface area (TPSA) is 48.5 Å². The molecule has 1 unspecified atom stereocenters. The third-order valence-electron chi connectivity index (χ3n) is 7.35. The van der Waals surface area contributed by atoms with Crippen LogP contribution < -0.4 is 5.32 Å². The molecule has 1 amide bonds. The molecule has 0 spiro atoms. The number of carbonyl (C=O) groups excluding carboxylic acids is 1. The van der Waals surface area contributed by atoms with Crippen LogP contribution in [0.1, 0.15) is 61.5 Å². The van der Waals surface area contributed by atoms with Crippen molar-refractivity contribution in [3.05, 3.63) is 60.7 Å². The monoisotopic (exact) mass is 624 g/mol. The Bertz CT molecular complexity index is 1040. The van der Waals surface area contributed by atoms with Crippen LogP contribution in [0.4, 0.5) is 0 Å². The second kappa shape index (κ2) is 12.5. The van der Waals surface area contributed by atoms with E-state index in [1.807, 2.05) is 26.1 Å². The number of aryl methyl sites for hydroxylation is 1. The Kier molecular flexibility index (Phi) is 9.67. The van der Waals surface area contributed by atoms with Crippen molar-refractivity contribution in [3.63, 3.8) is 0 Å². The number of carbonyl (C=O) groups is 1. The van der Waals surface area contributed by atoms with Crippen molar-refractivity contribution >= 4 is 49.4 Å². The summed E-state index contributed by atoms with van der Waals surface area (Å²) in [6, 6.07) is 6.43. The Morgan fingerprint density at radius 3 is 2.54 bits per heavy atom. The van der Waals surface area contributed by atoms with Gasteiger partial charge >= 0.3 is 0 Å². The number of nitrogens with one attached hydrogen (secondary N) is 1. The first-order chi connectivity index (χ1) is 17.0. The van der Waals surface area contributed by atoms with E-state index in [0.29, 0.717) is 18.2 Å². The van der Waals surface area contributed by atoms with Crippen LogP contribution in [0.3, 0.4) is 0 Å². The number of piperazine rings is 1. The quantitative estimate of drug-likeness (QED) is 0.454. The van der Waals surface area contributed by atoms with E-state index >= 15 is 0 Å². The summed E-state index contributed by atoms with van der Waals surface area (Å²) in [5.41, 5.74) is 4.94. The van der Waals surface area contributed by atoms with Crippen molar-refractivity contribution in [2.45, 2.75) is 52.0 Å². The average molecular weight is 627 g/mol. The molecular weight excluding hydrogens is 592 g/mol. The van der Waals surface area contributed by atoms with E-state index in [-0.39, 0.29) is 6.04 Å². The summed E-state index contributed by atoms with van der Waals surface area (Å²) < 4.78 is 2.01. The molecule has 5 rings (SSSR count). The minimum absolute atomic E-state index is 0.0702. The molecule has 3 heterocycles. The van der Waals surface area contributed by atoms with Crippen LogP contribution in [0, 0.1) is 5.92 Å². The second-order valence-electron chi connectivity index (χ2n) is 9.34. The maximum atomic E-state index is 13.0. The minimum Gasteiger partial charge on any atom is -0.340 e. The number of fused-ring (bicyclic) bond motifs is 2. The summed E-state index contributed by atoms with van der Waals surface area (Å²) in [4.78, 5) is 22.4. The number of hydrogen-bond acceptors (Lipinski definition) is 4. The third kappa shape index (κ3) is 6.12. The van der Waals surface area contributed by atoms with Crippen molar-refractivity contribution in [1.29, 1.82) is 0 Å². The predicted octanol–water partition coefficient (Wildman–Crippen LogP) is 6.01. The summed E-state index contributed by atoms with van der Waals surface area (Å²) in [6.45, 7) is 9.31. The average Bonchev–Trinajstić information content (AvgIpc) is 3.05. The molecule has 1 atom stereocenters. The molecule has 8 heteroatoms. The molecule has 2 fully saturated rings. The molecule has 190 valence electrons. The molecule has 0 radical (unpaired) electrons. The lowest BCUT2D eigenvalue weighted by atomic mass is 9.93. The molecule has 2 aromatic rings. The fraction of sp³-hybridized carbons (Fsp3) is 0.556. The van der Waals surface area contributed by atoms with Crippen LogP contribution in [0.2, 0.25) is 5.02 Å². The summed E-state index contributed by atoms with van der Waals surface area (Å²) >= 11 is 13.8. The summed E-state index contributed by atoms with van der Waals surface area (Å²) in [5, 5.41) is 4.14. The smallest absolute Gasteiger partial charge is 0.222 e. The number of amides is 1. The first-order valence-electron chi connectivity index (χ1n) is 12.8. The van der Waals surface area contributed by atoms with E-state index in [1.54, 1.807) is 0 Å². The van der Waals surface area contributed by atoms with Gasteiger partial charge in [-0.15, -0.1) is 0 Å². The zero-order chi connectivity index (χ0) is 24.9. The highest BCUT2D eigenvalue weighted by atomic mass is 79.9. The van der Waals surface area contributed by atoms with Gasteiger partial charge in [-0.1, -0.05) is 31.5 Å². The summed E-state index contributed by atoms with van der Waals surface area (Å²) in [5.74, 6) is 0.849. The summed E-state index contributed by atoms with van der Waals surface area (Å²) in [6.07, 6.45) is 6.67. The van der Waals surface area contributed by atoms with E-state index in [4.69, 9.17) is 16.6 Å². The van der Waals surface area contributed by atoms with Crippen LogP contribution in [0.5, 0.6) is 0 Å². The van der Waals surface area contributed by atoms with Gasteiger partial charge in [0.05, 0.1) is 16.8 Å². The highest BCUT2D eigenvalue weighted by Gasteiger charge is 2.34. The van der Waals surface area contributed by atoms with Crippen LogP contribution in [0.15, 0.2) is 33.3 Å². The molecule has 1 N–H and O–H groups in total. The maximum Gasteiger partial charge on any atom is 0.222 e. The normalized spacial score (nSPS) is 20.8. The van der Waals surface area contributed by atoms with E-state index in [1.165, 1.54) is 16.7 Å². The largest absolute Gasteiger partial charge is 0.340 e. The Labute approximate surface area is 231 Å². The van der Waals surface area contributed by atoms with Crippen LogP contribution in [0.25, 0.3) is 0 Å². The lowest BCUT2D eigenvalue weighted by Gasteiger charge is -2.40. The molecule has 0 saturated carbocycles. The van der Waals surface area contributed by atoms with Gasteiger partial charge in [0.1, 0.15) is 0 Å². The van der Waals surface area contributed by atoms with E-state index in [9.17, 15) is 4.79 Å². The van der Waals surface area contributed by atoms with Gasteiger partial charge in [0.25, 0.3) is 0 Å². The van der Waals surface area contributed by atoms with Crippen LogP contribution in [-0.2, 0) is 17.6 Å². The predicted molar refractivity (Wildman–Crippen MR) is 150 cm³/mol. The Morgan fingerprint density at radius 2 is 1.83 bits per heavy atom. The van der Waals surface area contributed by atoms with Crippen LogP contribution >= 0.6 is 43.5 Å². The lowest BCUT2D eigenvalue weighted by Crippen LogP contribution is -2.50. The molecule has 5 nitrogen and oxygen atoms in total. The van der Waals surface area contributed by atoms with Crippen molar-refractivity contribution in [1.82, 2.24) is 20.1 Å². The molecule has 1 aliphatic carbocycles. The highest BCUT2D eigenvalue weighted by Crippen LogP contribution is 2.41. The number of benzene rings is 1. The van der Waals surface area contributed by atoms with Crippen molar-refractivity contribution < 1.29 is 4.79 Å². The second-order valence-corrected chi connectivity index (χ2v) is 11.5. The molecule has 0 bridgehead atoms. The van der Waals surface area contributed by atoms with Gasteiger partial charge < -0.3 is 10.2 Å². The van der Waals surface area contributed by atoms with E-state index in [2.05, 4.69) is 59.1 Å². The molecule has 1 aromatic carbocycles. The van der Waals surface area contributed by atoms with Gasteiger partial charge in [0.15, 0.2) is 0 Å². The Hall–Kier alpha value is -0.990. The van der Waals surface area contributed by atoms with Gasteiger partial charge in [-0.3, -0.25) is 14.7 Å². The number of hydrogen-bond donors (Lipinski definition) is 1. The number of rotatable bonds is 3. The van der Waals surface area contributed by atoms with E-state index in [0.717, 1.165) is 84.6 Å². The Balaban J connectivity index is 0.00000141.